The van der Waals surface area contributed by atoms with E-state index in [4.69, 9.17) is 16.3 Å². The van der Waals surface area contributed by atoms with Crippen molar-refractivity contribution in [2.45, 2.75) is 26.2 Å². The van der Waals surface area contributed by atoms with Gasteiger partial charge in [0.05, 0.1) is 36.2 Å². The van der Waals surface area contributed by atoms with Crippen LogP contribution in [0.15, 0.2) is 30.5 Å². The second-order valence-electron chi connectivity index (χ2n) is 6.34. The summed E-state index contributed by atoms with van der Waals surface area (Å²) in [6, 6.07) is 7.40. The summed E-state index contributed by atoms with van der Waals surface area (Å²) in [4.78, 5) is 26.4. The Hall–Kier alpha value is -2.34. The van der Waals surface area contributed by atoms with Gasteiger partial charge in [0.15, 0.2) is 0 Å². The molecule has 1 aromatic heterocycles. The zero-order chi connectivity index (χ0) is 18.7. The van der Waals surface area contributed by atoms with E-state index in [0.29, 0.717) is 42.9 Å². The number of carbonyl (C=O) groups is 2. The largest absolute Gasteiger partial charge is 0.469 e. The van der Waals surface area contributed by atoms with Crippen molar-refractivity contribution in [3.8, 4) is 5.69 Å². The van der Waals surface area contributed by atoms with Gasteiger partial charge in [0, 0.05) is 18.1 Å². The number of carbonyl (C=O) groups excluding carboxylic acids is 2. The fourth-order valence-electron chi connectivity index (χ4n) is 3.38. The monoisotopic (exact) mass is 375 g/mol. The molecule has 6 nitrogen and oxygen atoms in total. The molecule has 0 saturated carbocycles. The van der Waals surface area contributed by atoms with Crippen LogP contribution in [0.3, 0.4) is 0 Å². The van der Waals surface area contributed by atoms with Crippen LogP contribution in [0.2, 0.25) is 5.02 Å². The van der Waals surface area contributed by atoms with Gasteiger partial charge in [-0.15, -0.1) is 0 Å². The number of hydrogen-bond donors (Lipinski definition) is 0. The summed E-state index contributed by atoms with van der Waals surface area (Å²) >= 11 is 6.08. The number of nitrogens with zero attached hydrogens (tertiary/aromatic N) is 3. The van der Waals surface area contributed by atoms with Gasteiger partial charge in [0.25, 0.3) is 5.91 Å². The van der Waals surface area contributed by atoms with E-state index in [2.05, 4.69) is 5.10 Å². The number of piperidine rings is 1. The summed E-state index contributed by atoms with van der Waals surface area (Å²) in [7, 11) is 1.40. The summed E-state index contributed by atoms with van der Waals surface area (Å²) in [5, 5.41) is 5.03. The van der Waals surface area contributed by atoms with Crippen LogP contribution in [0.5, 0.6) is 0 Å². The van der Waals surface area contributed by atoms with Crippen LogP contribution in [0.4, 0.5) is 0 Å². The normalized spacial score (nSPS) is 15.1. The molecule has 0 spiro atoms. The molecule has 0 aliphatic carbocycles. The van der Waals surface area contributed by atoms with Gasteiger partial charge in [0.1, 0.15) is 0 Å². The lowest BCUT2D eigenvalue weighted by atomic mass is 9.96. The van der Waals surface area contributed by atoms with E-state index in [-0.39, 0.29) is 17.8 Å². The van der Waals surface area contributed by atoms with Gasteiger partial charge < -0.3 is 9.64 Å². The average Bonchev–Trinajstić information content (AvgIpc) is 3.11. The predicted molar refractivity (Wildman–Crippen MR) is 98.6 cm³/mol. The molecule has 1 fully saturated rings. The highest BCUT2D eigenvalue weighted by Crippen LogP contribution is 2.23. The number of halogens is 1. The van der Waals surface area contributed by atoms with E-state index in [0.717, 1.165) is 11.4 Å². The maximum atomic E-state index is 13.0. The Morgan fingerprint density at radius 1 is 1.31 bits per heavy atom. The van der Waals surface area contributed by atoms with Crippen LogP contribution in [0.25, 0.3) is 5.69 Å². The molecule has 0 radical (unpaired) electrons. The highest BCUT2D eigenvalue weighted by molar-refractivity contribution is 6.30. The number of amides is 1. The Labute approximate surface area is 157 Å². The lowest BCUT2D eigenvalue weighted by molar-refractivity contribution is -0.146. The molecule has 1 aromatic carbocycles. The molecular formula is C19H22ClN3O3. The molecule has 0 bridgehead atoms. The van der Waals surface area contributed by atoms with Crippen LogP contribution >= 0.6 is 11.6 Å². The van der Waals surface area contributed by atoms with Crippen molar-refractivity contribution in [3.05, 3.63) is 46.7 Å². The summed E-state index contributed by atoms with van der Waals surface area (Å²) in [6.07, 6.45) is 3.55. The minimum atomic E-state index is -0.194. The summed E-state index contributed by atoms with van der Waals surface area (Å²) in [5.74, 6) is -0.359. The number of likely N-dealkylation sites (tertiary alicyclic amines) is 1. The quantitative estimate of drug-likeness (QED) is 0.770. The van der Waals surface area contributed by atoms with Crippen LogP contribution in [0, 0.1) is 5.92 Å². The molecule has 1 aliphatic heterocycles. The standard InChI is InChI=1S/C19H22ClN3O3/c1-3-17-16(12-21-23(17)15-6-4-5-14(20)11-15)18(24)22-9-7-13(8-10-22)19(25)26-2/h4-6,11-13H,3,7-10H2,1-2H3. The second-order valence-corrected chi connectivity index (χ2v) is 6.78. The lowest BCUT2D eigenvalue weighted by Gasteiger charge is -2.30. The second kappa shape index (κ2) is 7.91. The van der Waals surface area contributed by atoms with Crippen molar-refractivity contribution in [1.29, 1.82) is 0 Å². The molecule has 0 N–H and O–H groups in total. The van der Waals surface area contributed by atoms with Gasteiger partial charge in [-0.1, -0.05) is 24.6 Å². The minimum Gasteiger partial charge on any atom is -0.469 e. The number of aromatic nitrogens is 2. The minimum absolute atomic E-state index is 0.0431. The molecule has 2 aromatic rings. The highest BCUT2D eigenvalue weighted by atomic mass is 35.5. The van der Waals surface area contributed by atoms with Crippen molar-refractivity contribution in [3.63, 3.8) is 0 Å². The predicted octanol–water partition coefficient (Wildman–Crippen LogP) is 3.11. The molecule has 0 atom stereocenters. The molecule has 3 rings (SSSR count). The Morgan fingerprint density at radius 2 is 2.04 bits per heavy atom. The van der Waals surface area contributed by atoms with Gasteiger partial charge in [0.2, 0.25) is 0 Å². The van der Waals surface area contributed by atoms with Crippen LogP contribution in [-0.4, -0.2) is 46.8 Å². The first kappa shape index (κ1) is 18.5. The third-order valence-electron chi connectivity index (χ3n) is 4.80. The van der Waals surface area contributed by atoms with E-state index in [1.807, 2.05) is 25.1 Å². The van der Waals surface area contributed by atoms with Crippen molar-refractivity contribution in [1.82, 2.24) is 14.7 Å². The first-order valence-electron chi connectivity index (χ1n) is 8.75. The van der Waals surface area contributed by atoms with Crippen LogP contribution in [-0.2, 0) is 16.0 Å². The average molecular weight is 376 g/mol. The maximum absolute atomic E-state index is 13.0. The van der Waals surface area contributed by atoms with Crippen molar-refractivity contribution < 1.29 is 14.3 Å². The Morgan fingerprint density at radius 3 is 2.65 bits per heavy atom. The maximum Gasteiger partial charge on any atom is 0.308 e. The summed E-state index contributed by atoms with van der Waals surface area (Å²) in [5.41, 5.74) is 2.29. The zero-order valence-electron chi connectivity index (χ0n) is 14.9. The topological polar surface area (TPSA) is 64.4 Å². The van der Waals surface area contributed by atoms with Gasteiger partial charge in [-0.2, -0.15) is 5.10 Å². The van der Waals surface area contributed by atoms with Gasteiger partial charge in [-0.25, -0.2) is 4.68 Å². The molecule has 138 valence electrons. The van der Waals surface area contributed by atoms with Crippen molar-refractivity contribution >= 4 is 23.5 Å². The fraction of sp³-hybridized carbons (Fsp3) is 0.421. The Balaban J connectivity index is 1.80. The van der Waals surface area contributed by atoms with Crippen LogP contribution in [0.1, 0.15) is 35.8 Å². The first-order valence-corrected chi connectivity index (χ1v) is 9.12. The third-order valence-corrected chi connectivity index (χ3v) is 5.04. The lowest BCUT2D eigenvalue weighted by Crippen LogP contribution is -2.40. The van der Waals surface area contributed by atoms with E-state index in [1.165, 1.54) is 7.11 Å². The number of ether oxygens (including phenoxy) is 1. The molecule has 7 heteroatoms. The highest BCUT2D eigenvalue weighted by Gasteiger charge is 2.30. The molecule has 1 saturated heterocycles. The molecule has 0 unspecified atom stereocenters. The summed E-state index contributed by atoms with van der Waals surface area (Å²) in [6.45, 7) is 3.09. The van der Waals surface area contributed by atoms with Gasteiger partial charge in [-0.05, 0) is 37.5 Å². The SMILES string of the molecule is CCc1c(C(=O)N2CCC(C(=O)OC)CC2)cnn1-c1cccc(Cl)c1. The number of benzene rings is 1. The molecule has 26 heavy (non-hydrogen) atoms. The third kappa shape index (κ3) is 3.60. The Kier molecular flexibility index (Phi) is 5.61. The molecular weight excluding hydrogens is 354 g/mol. The zero-order valence-corrected chi connectivity index (χ0v) is 15.7. The number of methoxy groups -OCH3 is 1. The smallest absolute Gasteiger partial charge is 0.308 e. The Bertz CT molecular complexity index is 810. The van der Waals surface area contributed by atoms with E-state index < -0.39 is 0 Å². The van der Waals surface area contributed by atoms with Crippen molar-refractivity contribution in [2.75, 3.05) is 20.2 Å². The van der Waals surface area contributed by atoms with Crippen molar-refractivity contribution in [2.24, 2.45) is 5.92 Å². The molecule has 2 heterocycles. The van der Waals surface area contributed by atoms with E-state index >= 15 is 0 Å². The van der Waals surface area contributed by atoms with Crippen LogP contribution < -0.4 is 0 Å². The van der Waals surface area contributed by atoms with Gasteiger partial charge >= 0.3 is 5.97 Å². The van der Waals surface area contributed by atoms with E-state index in [9.17, 15) is 9.59 Å². The number of hydrogen-bond acceptors (Lipinski definition) is 4. The molecule has 1 amide bonds. The fourth-order valence-corrected chi connectivity index (χ4v) is 3.56. The molecule has 1 aliphatic rings. The number of rotatable bonds is 4. The first-order chi connectivity index (χ1) is 12.5. The van der Waals surface area contributed by atoms with E-state index in [1.54, 1.807) is 21.8 Å². The summed E-state index contributed by atoms with van der Waals surface area (Å²) < 4.78 is 6.57. The number of esters is 1. The van der Waals surface area contributed by atoms with Gasteiger partial charge in [-0.3, -0.25) is 9.59 Å².